The Hall–Kier alpha value is -0.610. The summed E-state index contributed by atoms with van der Waals surface area (Å²) in [4.78, 5) is 16.4. The van der Waals surface area contributed by atoms with Gasteiger partial charge >= 0.3 is 0 Å². The highest BCUT2D eigenvalue weighted by molar-refractivity contribution is 5.81. The van der Waals surface area contributed by atoms with Gasteiger partial charge in [-0.25, -0.2) is 0 Å². The topological polar surface area (TPSA) is 35.6 Å². The Kier molecular flexibility index (Phi) is 5.40. The third kappa shape index (κ3) is 3.68. The maximum atomic E-state index is 12.2. The summed E-state index contributed by atoms with van der Waals surface area (Å²) < 4.78 is 0. The van der Waals surface area contributed by atoms with Gasteiger partial charge in [0.15, 0.2) is 0 Å². The Morgan fingerprint density at radius 3 is 2.59 bits per heavy atom. The number of likely N-dealkylation sites (tertiary alicyclic amines) is 1. The van der Waals surface area contributed by atoms with E-state index in [1.165, 1.54) is 12.8 Å². The number of hydrogen-bond acceptors (Lipinski definition) is 3. The smallest absolute Gasteiger partial charge is 0.239 e. The Labute approximate surface area is 105 Å². The number of hydrogen-bond donors (Lipinski definition) is 1. The molecule has 1 aliphatic rings. The maximum Gasteiger partial charge on any atom is 0.239 e. The third-order valence-corrected chi connectivity index (χ3v) is 3.89. The Morgan fingerprint density at radius 2 is 2.06 bits per heavy atom. The van der Waals surface area contributed by atoms with Crippen LogP contribution in [0.15, 0.2) is 0 Å². The number of rotatable bonds is 4. The first kappa shape index (κ1) is 14.5. The molecule has 0 saturated carbocycles. The van der Waals surface area contributed by atoms with Crippen LogP contribution in [0.5, 0.6) is 0 Å². The number of likely N-dealkylation sites (N-methyl/N-ethyl adjacent to an activating group) is 2. The molecule has 100 valence electrons. The molecule has 4 nitrogen and oxygen atoms in total. The molecule has 0 aromatic heterocycles. The fourth-order valence-corrected chi connectivity index (χ4v) is 2.30. The molecule has 0 aliphatic carbocycles. The van der Waals surface area contributed by atoms with E-state index >= 15 is 0 Å². The molecule has 2 unspecified atom stereocenters. The first-order chi connectivity index (χ1) is 7.97. The number of nitrogens with zero attached hydrogens (tertiary/aromatic N) is 2. The second-order valence-corrected chi connectivity index (χ2v) is 5.34. The predicted octanol–water partition coefficient (Wildman–Crippen LogP) is 0.925. The van der Waals surface area contributed by atoms with E-state index in [1.54, 1.807) is 0 Å². The average Bonchev–Trinajstić information content (AvgIpc) is 2.36. The van der Waals surface area contributed by atoms with Gasteiger partial charge in [-0.2, -0.15) is 0 Å². The van der Waals surface area contributed by atoms with Crippen LogP contribution in [0.3, 0.4) is 0 Å². The van der Waals surface area contributed by atoms with Gasteiger partial charge in [0.1, 0.15) is 0 Å². The molecule has 1 fully saturated rings. The van der Waals surface area contributed by atoms with Gasteiger partial charge in [-0.3, -0.25) is 9.69 Å². The molecule has 4 heteroatoms. The monoisotopic (exact) mass is 241 g/mol. The SMILES string of the molecule is CNC1CCCN(C(C)C(=O)N(C)C(C)C)C1. The predicted molar refractivity (Wildman–Crippen MR) is 71.0 cm³/mol. The second kappa shape index (κ2) is 6.36. The van der Waals surface area contributed by atoms with Crippen molar-refractivity contribution < 1.29 is 4.79 Å². The lowest BCUT2D eigenvalue weighted by Crippen LogP contribution is -2.53. The quantitative estimate of drug-likeness (QED) is 0.795. The van der Waals surface area contributed by atoms with Crippen molar-refractivity contribution >= 4 is 5.91 Å². The van der Waals surface area contributed by atoms with Gasteiger partial charge in [0, 0.05) is 25.7 Å². The Morgan fingerprint density at radius 1 is 1.41 bits per heavy atom. The van der Waals surface area contributed by atoms with E-state index in [4.69, 9.17) is 0 Å². The molecular formula is C13H27N3O. The van der Waals surface area contributed by atoms with Crippen LogP contribution < -0.4 is 5.32 Å². The highest BCUT2D eigenvalue weighted by atomic mass is 16.2. The van der Waals surface area contributed by atoms with Gasteiger partial charge in [0.25, 0.3) is 0 Å². The molecule has 0 aromatic rings. The largest absolute Gasteiger partial charge is 0.342 e. The van der Waals surface area contributed by atoms with E-state index in [2.05, 4.69) is 24.1 Å². The number of piperidine rings is 1. The summed E-state index contributed by atoms with van der Waals surface area (Å²) in [6.07, 6.45) is 2.39. The van der Waals surface area contributed by atoms with Crippen molar-refractivity contribution in [3.63, 3.8) is 0 Å². The van der Waals surface area contributed by atoms with Gasteiger partial charge in [-0.15, -0.1) is 0 Å². The van der Waals surface area contributed by atoms with Crippen molar-refractivity contribution in [3.05, 3.63) is 0 Å². The lowest BCUT2D eigenvalue weighted by atomic mass is 10.0. The van der Waals surface area contributed by atoms with Gasteiger partial charge in [-0.05, 0) is 47.2 Å². The van der Waals surface area contributed by atoms with E-state index in [0.717, 1.165) is 13.1 Å². The van der Waals surface area contributed by atoms with Crippen molar-refractivity contribution in [2.24, 2.45) is 0 Å². The summed E-state index contributed by atoms with van der Waals surface area (Å²) in [5.74, 6) is 0.233. The van der Waals surface area contributed by atoms with E-state index in [0.29, 0.717) is 6.04 Å². The van der Waals surface area contributed by atoms with Gasteiger partial charge in [0.05, 0.1) is 6.04 Å². The number of amides is 1. The van der Waals surface area contributed by atoms with Crippen LogP contribution in [0.25, 0.3) is 0 Å². The van der Waals surface area contributed by atoms with Crippen LogP contribution in [-0.4, -0.2) is 61.0 Å². The molecule has 1 amide bonds. The van der Waals surface area contributed by atoms with Crippen molar-refractivity contribution in [2.45, 2.75) is 51.7 Å². The zero-order valence-corrected chi connectivity index (χ0v) is 11.9. The lowest BCUT2D eigenvalue weighted by molar-refractivity contribution is -0.137. The Balaban J connectivity index is 2.56. The molecule has 0 radical (unpaired) electrons. The zero-order chi connectivity index (χ0) is 13.0. The summed E-state index contributed by atoms with van der Waals surface area (Å²) in [7, 11) is 3.89. The second-order valence-electron chi connectivity index (χ2n) is 5.34. The normalized spacial score (nSPS) is 23.8. The molecule has 2 atom stereocenters. The minimum absolute atomic E-state index is 0.00134. The molecule has 17 heavy (non-hydrogen) atoms. The minimum atomic E-state index is -0.00134. The summed E-state index contributed by atoms with van der Waals surface area (Å²) in [6.45, 7) is 8.15. The number of nitrogens with one attached hydrogen (secondary N) is 1. The maximum absolute atomic E-state index is 12.2. The molecule has 0 spiro atoms. The standard InChI is InChI=1S/C13H27N3O/c1-10(2)15(5)13(17)11(3)16-8-6-7-12(9-16)14-4/h10-12,14H,6-9H2,1-5H3. The van der Waals surface area contributed by atoms with Crippen molar-refractivity contribution in [1.82, 2.24) is 15.1 Å². The van der Waals surface area contributed by atoms with Gasteiger partial charge < -0.3 is 10.2 Å². The summed E-state index contributed by atoms with van der Waals surface area (Å²) in [6, 6.07) is 0.803. The molecule has 0 bridgehead atoms. The summed E-state index contributed by atoms with van der Waals surface area (Å²) in [5, 5.41) is 3.31. The number of carbonyl (C=O) groups is 1. The first-order valence-corrected chi connectivity index (χ1v) is 6.65. The van der Waals surface area contributed by atoms with Crippen LogP contribution in [0.2, 0.25) is 0 Å². The van der Waals surface area contributed by atoms with Crippen LogP contribution in [-0.2, 0) is 4.79 Å². The zero-order valence-electron chi connectivity index (χ0n) is 11.9. The fraction of sp³-hybridized carbons (Fsp3) is 0.923. The van der Waals surface area contributed by atoms with Crippen molar-refractivity contribution in [3.8, 4) is 0 Å². The van der Waals surface area contributed by atoms with Crippen LogP contribution in [0.4, 0.5) is 0 Å². The van der Waals surface area contributed by atoms with E-state index in [-0.39, 0.29) is 18.0 Å². The minimum Gasteiger partial charge on any atom is -0.342 e. The van der Waals surface area contributed by atoms with E-state index < -0.39 is 0 Å². The molecule has 1 saturated heterocycles. The average molecular weight is 241 g/mol. The highest BCUT2D eigenvalue weighted by Gasteiger charge is 2.28. The van der Waals surface area contributed by atoms with Crippen LogP contribution in [0.1, 0.15) is 33.6 Å². The third-order valence-electron chi connectivity index (χ3n) is 3.89. The summed E-state index contributed by atoms with van der Waals surface area (Å²) in [5.41, 5.74) is 0. The molecule has 1 aliphatic heterocycles. The van der Waals surface area contributed by atoms with Gasteiger partial charge in [-0.1, -0.05) is 0 Å². The highest BCUT2D eigenvalue weighted by Crippen LogP contribution is 2.14. The number of carbonyl (C=O) groups excluding carboxylic acids is 1. The van der Waals surface area contributed by atoms with Crippen molar-refractivity contribution in [2.75, 3.05) is 27.2 Å². The molecule has 0 aromatic carbocycles. The van der Waals surface area contributed by atoms with E-state index in [1.807, 2.05) is 25.9 Å². The van der Waals surface area contributed by atoms with Crippen molar-refractivity contribution in [1.29, 1.82) is 0 Å². The van der Waals surface area contributed by atoms with Crippen LogP contribution in [0, 0.1) is 0 Å². The van der Waals surface area contributed by atoms with Crippen LogP contribution >= 0.6 is 0 Å². The molecule has 1 rings (SSSR count). The first-order valence-electron chi connectivity index (χ1n) is 6.65. The lowest BCUT2D eigenvalue weighted by Gasteiger charge is -2.38. The summed E-state index contributed by atoms with van der Waals surface area (Å²) >= 11 is 0. The Bertz CT molecular complexity index is 255. The molecular weight excluding hydrogens is 214 g/mol. The fourth-order valence-electron chi connectivity index (χ4n) is 2.30. The molecule has 1 heterocycles. The molecule has 1 N–H and O–H groups in total. The van der Waals surface area contributed by atoms with Gasteiger partial charge in [0.2, 0.25) is 5.91 Å². The van der Waals surface area contributed by atoms with E-state index in [9.17, 15) is 4.79 Å².